The molecule has 20 heavy (non-hydrogen) atoms. The molecule has 1 saturated heterocycles. The van der Waals surface area contributed by atoms with Gasteiger partial charge in [-0.1, -0.05) is 12.1 Å². The summed E-state index contributed by atoms with van der Waals surface area (Å²) in [5, 5.41) is 8.94. The molecule has 0 aromatic heterocycles. The summed E-state index contributed by atoms with van der Waals surface area (Å²) in [7, 11) is -2.03. The van der Waals surface area contributed by atoms with Crippen molar-refractivity contribution in [3.63, 3.8) is 0 Å². The lowest BCUT2D eigenvalue weighted by atomic mass is 10.2. The van der Waals surface area contributed by atoms with Gasteiger partial charge in [-0.2, -0.15) is 0 Å². The molecule has 1 aliphatic rings. The van der Waals surface area contributed by atoms with Crippen LogP contribution >= 0.6 is 0 Å². The molecule has 0 amide bonds. The van der Waals surface area contributed by atoms with Crippen molar-refractivity contribution in [2.45, 2.75) is 4.90 Å². The van der Waals surface area contributed by atoms with E-state index in [1.807, 2.05) is 12.1 Å². The third-order valence-corrected chi connectivity index (χ3v) is 5.01. The summed E-state index contributed by atoms with van der Waals surface area (Å²) in [4.78, 5) is 4.57. The first-order chi connectivity index (χ1) is 9.58. The number of nitrogens with one attached hydrogen (secondary N) is 1. The number of hydrogen-bond acceptors (Lipinski definition) is 5. The Morgan fingerprint density at radius 3 is 2.45 bits per heavy atom. The van der Waals surface area contributed by atoms with Crippen LogP contribution in [0.1, 0.15) is 0 Å². The van der Waals surface area contributed by atoms with Crippen LogP contribution in [0.3, 0.4) is 0 Å². The van der Waals surface area contributed by atoms with Crippen molar-refractivity contribution >= 4 is 15.7 Å². The Balaban J connectivity index is 2.19. The highest BCUT2D eigenvalue weighted by atomic mass is 32.2. The van der Waals surface area contributed by atoms with Gasteiger partial charge in [0.25, 0.3) is 0 Å². The number of rotatable bonds is 5. The molecular weight excluding hydrogens is 278 g/mol. The zero-order valence-electron chi connectivity index (χ0n) is 11.6. The van der Waals surface area contributed by atoms with E-state index in [0.29, 0.717) is 11.4 Å². The third-order valence-electron chi connectivity index (χ3n) is 3.55. The quantitative estimate of drug-likeness (QED) is 0.781. The van der Waals surface area contributed by atoms with E-state index in [1.165, 1.54) is 7.05 Å². The first-order valence-electron chi connectivity index (χ1n) is 6.69. The highest BCUT2D eigenvalue weighted by Crippen LogP contribution is 2.25. The van der Waals surface area contributed by atoms with E-state index in [2.05, 4.69) is 14.5 Å². The van der Waals surface area contributed by atoms with Crippen LogP contribution in [0.5, 0.6) is 0 Å². The van der Waals surface area contributed by atoms with E-state index < -0.39 is 10.0 Å². The highest BCUT2D eigenvalue weighted by Gasteiger charge is 2.23. The fraction of sp³-hybridized carbons (Fsp3) is 0.538. The Hall–Kier alpha value is -1.15. The van der Waals surface area contributed by atoms with Crippen molar-refractivity contribution in [1.29, 1.82) is 0 Å². The number of piperazine rings is 1. The maximum atomic E-state index is 12.0. The van der Waals surface area contributed by atoms with E-state index >= 15 is 0 Å². The molecule has 0 spiro atoms. The molecule has 6 nitrogen and oxygen atoms in total. The van der Waals surface area contributed by atoms with Crippen molar-refractivity contribution in [3.05, 3.63) is 24.3 Å². The van der Waals surface area contributed by atoms with Gasteiger partial charge in [0.2, 0.25) is 10.0 Å². The summed E-state index contributed by atoms with van der Waals surface area (Å²) in [6, 6.07) is 7.05. The minimum Gasteiger partial charge on any atom is -0.395 e. The average Bonchev–Trinajstić information content (AvgIpc) is 2.48. The van der Waals surface area contributed by atoms with Gasteiger partial charge in [-0.05, 0) is 19.2 Å². The molecule has 0 bridgehead atoms. The van der Waals surface area contributed by atoms with Crippen LogP contribution in [0.15, 0.2) is 29.2 Å². The number of β-amino-alcohol motifs (C(OH)–C–C–N with tert-alkyl or cyclic N) is 1. The van der Waals surface area contributed by atoms with Crippen LogP contribution in [0.4, 0.5) is 5.69 Å². The third kappa shape index (κ3) is 3.29. The van der Waals surface area contributed by atoms with Crippen molar-refractivity contribution in [2.75, 3.05) is 51.3 Å². The first kappa shape index (κ1) is 15.2. The molecule has 1 aromatic carbocycles. The SMILES string of the molecule is CNS(=O)(=O)c1ccccc1N1CCN(CCO)CC1. The lowest BCUT2D eigenvalue weighted by Gasteiger charge is -2.36. The van der Waals surface area contributed by atoms with Gasteiger partial charge in [-0.25, -0.2) is 13.1 Å². The molecule has 2 N–H and O–H groups in total. The monoisotopic (exact) mass is 299 g/mol. The summed E-state index contributed by atoms with van der Waals surface area (Å²) in [6.07, 6.45) is 0. The van der Waals surface area contributed by atoms with Gasteiger partial charge < -0.3 is 10.0 Å². The molecule has 0 radical (unpaired) electrons. The van der Waals surface area contributed by atoms with Gasteiger partial charge in [0.05, 0.1) is 12.3 Å². The maximum absolute atomic E-state index is 12.0. The van der Waals surface area contributed by atoms with Crippen LogP contribution in [0, 0.1) is 0 Å². The van der Waals surface area contributed by atoms with Gasteiger partial charge >= 0.3 is 0 Å². The molecule has 1 heterocycles. The number of benzene rings is 1. The second kappa shape index (κ2) is 6.53. The van der Waals surface area contributed by atoms with Gasteiger partial charge in [-0.15, -0.1) is 0 Å². The molecule has 1 aliphatic heterocycles. The average molecular weight is 299 g/mol. The molecule has 1 fully saturated rings. The molecular formula is C13H21N3O3S. The summed E-state index contributed by atoms with van der Waals surface area (Å²) in [6.45, 7) is 4.00. The first-order valence-corrected chi connectivity index (χ1v) is 8.17. The molecule has 112 valence electrons. The van der Waals surface area contributed by atoms with E-state index in [1.54, 1.807) is 12.1 Å². The Morgan fingerprint density at radius 1 is 1.20 bits per heavy atom. The minimum absolute atomic E-state index is 0.157. The fourth-order valence-electron chi connectivity index (χ4n) is 2.41. The number of nitrogens with zero attached hydrogens (tertiary/aromatic N) is 2. The van der Waals surface area contributed by atoms with Gasteiger partial charge in [0.1, 0.15) is 4.90 Å². The lowest BCUT2D eigenvalue weighted by molar-refractivity contribution is 0.188. The maximum Gasteiger partial charge on any atom is 0.242 e. The van der Waals surface area contributed by atoms with Crippen LogP contribution in [0.25, 0.3) is 0 Å². The van der Waals surface area contributed by atoms with Crippen LogP contribution < -0.4 is 9.62 Å². The molecule has 1 aromatic rings. The molecule has 0 unspecified atom stereocenters. The van der Waals surface area contributed by atoms with Gasteiger partial charge in [-0.3, -0.25) is 4.90 Å². The Labute approximate surface area is 120 Å². The van der Waals surface area contributed by atoms with E-state index in [4.69, 9.17) is 5.11 Å². The molecule has 0 saturated carbocycles. The molecule has 2 rings (SSSR count). The summed E-state index contributed by atoms with van der Waals surface area (Å²) < 4.78 is 26.5. The molecule has 0 aliphatic carbocycles. The Morgan fingerprint density at radius 2 is 1.85 bits per heavy atom. The normalized spacial score (nSPS) is 17.4. The smallest absolute Gasteiger partial charge is 0.242 e. The fourth-order valence-corrected chi connectivity index (χ4v) is 3.36. The van der Waals surface area contributed by atoms with Crippen molar-refractivity contribution < 1.29 is 13.5 Å². The van der Waals surface area contributed by atoms with E-state index in [-0.39, 0.29) is 6.61 Å². The Kier molecular flexibility index (Phi) is 4.98. The van der Waals surface area contributed by atoms with Crippen LogP contribution in [-0.2, 0) is 10.0 Å². The largest absolute Gasteiger partial charge is 0.395 e. The van der Waals surface area contributed by atoms with Crippen LogP contribution in [0.2, 0.25) is 0 Å². The van der Waals surface area contributed by atoms with Crippen molar-refractivity contribution in [1.82, 2.24) is 9.62 Å². The summed E-state index contributed by atoms with van der Waals surface area (Å²) in [5.74, 6) is 0. The number of aliphatic hydroxyl groups excluding tert-OH is 1. The zero-order chi connectivity index (χ0) is 14.6. The predicted molar refractivity (Wildman–Crippen MR) is 78.4 cm³/mol. The van der Waals surface area contributed by atoms with Crippen molar-refractivity contribution in [2.24, 2.45) is 0 Å². The number of hydrogen-bond donors (Lipinski definition) is 2. The second-order valence-electron chi connectivity index (χ2n) is 4.73. The topological polar surface area (TPSA) is 72.9 Å². The summed E-state index contributed by atoms with van der Waals surface area (Å²) in [5.41, 5.74) is 0.741. The van der Waals surface area contributed by atoms with Gasteiger partial charge in [0.15, 0.2) is 0 Å². The number of sulfonamides is 1. The van der Waals surface area contributed by atoms with Gasteiger partial charge in [0, 0.05) is 32.7 Å². The Bertz CT molecular complexity index is 540. The van der Waals surface area contributed by atoms with E-state index in [0.717, 1.165) is 31.9 Å². The molecule has 0 atom stereocenters. The predicted octanol–water partition coefficient (Wildman–Crippen LogP) is -0.291. The number of aliphatic hydroxyl groups is 1. The minimum atomic E-state index is -3.45. The van der Waals surface area contributed by atoms with Crippen LogP contribution in [-0.4, -0.2) is 64.8 Å². The number of anilines is 1. The van der Waals surface area contributed by atoms with Crippen molar-refractivity contribution in [3.8, 4) is 0 Å². The van der Waals surface area contributed by atoms with E-state index in [9.17, 15) is 8.42 Å². The summed E-state index contributed by atoms with van der Waals surface area (Å²) >= 11 is 0. The highest BCUT2D eigenvalue weighted by molar-refractivity contribution is 7.89. The molecule has 7 heteroatoms. The standard InChI is InChI=1S/C13H21N3O3S/c1-14-20(18,19)13-5-3-2-4-12(13)16-8-6-15(7-9-16)10-11-17/h2-5,14,17H,6-11H2,1H3. The zero-order valence-corrected chi connectivity index (χ0v) is 12.4. The second-order valence-corrected chi connectivity index (χ2v) is 6.58. The number of para-hydroxylation sites is 1. The lowest BCUT2D eigenvalue weighted by Crippen LogP contribution is -2.47.